The second-order valence-corrected chi connectivity index (χ2v) is 10.1. The van der Waals surface area contributed by atoms with Gasteiger partial charge in [-0.25, -0.2) is 8.42 Å². The normalized spacial score (nSPS) is 13.3. The van der Waals surface area contributed by atoms with Gasteiger partial charge < -0.3 is 5.32 Å². The van der Waals surface area contributed by atoms with Crippen LogP contribution in [-0.4, -0.2) is 20.1 Å². The molecule has 0 aromatic heterocycles. The summed E-state index contributed by atoms with van der Waals surface area (Å²) in [5, 5.41) is 2.50. The zero-order valence-corrected chi connectivity index (χ0v) is 17.0. The lowest BCUT2D eigenvalue weighted by Gasteiger charge is -2.23. The van der Waals surface area contributed by atoms with E-state index in [9.17, 15) is 13.2 Å². The van der Waals surface area contributed by atoms with Crippen molar-refractivity contribution in [1.82, 2.24) is 0 Å². The third-order valence-electron chi connectivity index (χ3n) is 4.22. The Balaban J connectivity index is 2.16. The van der Waals surface area contributed by atoms with E-state index in [0.717, 1.165) is 5.56 Å². The summed E-state index contributed by atoms with van der Waals surface area (Å²) in [6.45, 7) is 7.70. The highest BCUT2D eigenvalue weighted by Gasteiger charge is 2.27. The lowest BCUT2D eigenvalue weighted by Crippen LogP contribution is -2.27. The van der Waals surface area contributed by atoms with E-state index in [4.69, 9.17) is 11.6 Å². The van der Waals surface area contributed by atoms with Crippen LogP contribution in [0.3, 0.4) is 0 Å². The number of anilines is 1. The van der Waals surface area contributed by atoms with Crippen molar-refractivity contribution in [2.24, 2.45) is 0 Å². The molecule has 0 saturated heterocycles. The number of rotatable bonds is 5. The summed E-state index contributed by atoms with van der Waals surface area (Å²) in [7, 11) is -3.65. The van der Waals surface area contributed by atoms with Crippen molar-refractivity contribution in [1.29, 1.82) is 0 Å². The first kappa shape index (κ1) is 20.5. The van der Waals surface area contributed by atoms with Gasteiger partial charge >= 0.3 is 0 Å². The van der Waals surface area contributed by atoms with E-state index in [-0.39, 0.29) is 5.41 Å². The molecule has 1 unspecified atom stereocenters. The van der Waals surface area contributed by atoms with Crippen LogP contribution in [0.2, 0.25) is 5.02 Å². The molecule has 2 rings (SSSR count). The number of hydrogen-bond acceptors (Lipinski definition) is 3. The van der Waals surface area contributed by atoms with Crippen LogP contribution in [0.5, 0.6) is 0 Å². The lowest BCUT2D eigenvalue weighted by atomic mass is 9.86. The van der Waals surface area contributed by atoms with Gasteiger partial charge in [0.2, 0.25) is 5.91 Å². The van der Waals surface area contributed by atoms with E-state index in [1.807, 2.05) is 39.0 Å². The number of amides is 1. The molecule has 0 radical (unpaired) electrons. The number of carbonyl (C=O) groups is 1. The second kappa shape index (κ2) is 7.80. The van der Waals surface area contributed by atoms with Crippen LogP contribution in [0.15, 0.2) is 48.5 Å². The average Bonchev–Trinajstić information content (AvgIpc) is 2.53. The topological polar surface area (TPSA) is 63.2 Å². The quantitative estimate of drug-likeness (QED) is 0.797. The second-order valence-electron chi connectivity index (χ2n) is 7.34. The average molecular weight is 394 g/mol. The van der Waals surface area contributed by atoms with Gasteiger partial charge in [0.05, 0.1) is 5.25 Å². The predicted octanol–water partition coefficient (Wildman–Crippen LogP) is 4.75. The zero-order chi connectivity index (χ0) is 19.5. The molecule has 0 aliphatic heterocycles. The largest absolute Gasteiger partial charge is 0.325 e. The van der Waals surface area contributed by atoms with Crippen molar-refractivity contribution < 1.29 is 13.2 Å². The third-order valence-corrected chi connectivity index (χ3v) is 6.49. The van der Waals surface area contributed by atoms with Crippen molar-refractivity contribution >= 4 is 33.0 Å². The van der Waals surface area contributed by atoms with Crippen LogP contribution in [0.4, 0.5) is 5.69 Å². The van der Waals surface area contributed by atoms with Crippen molar-refractivity contribution in [2.75, 3.05) is 11.1 Å². The van der Waals surface area contributed by atoms with Crippen LogP contribution in [0.25, 0.3) is 0 Å². The van der Waals surface area contributed by atoms with E-state index >= 15 is 0 Å². The monoisotopic (exact) mass is 393 g/mol. The lowest BCUT2D eigenvalue weighted by molar-refractivity contribution is -0.113. The molecule has 6 heteroatoms. The molecule has 4 nitrogen and oxygen atoms in total. The van der Waals surface area contributed by atoms with E-state index in [1.54, 1.807) is 37.3 Å². The Labute approximate surface area is 160 Å². The molecule has 0 spiro atoms. The molecule has 0 aliphatic carbocycles. The molecule has 1 atom stereocenters. The summed E-state index contributed by atoms with van der Waals surface area (Å²) < 4.78 is 25.2. The van der Waals surface area contributed by atoms with Gasteiger partial charge in [0.25, 0.3) is 0 Å². The summed E-state index contributed by atoms with van der Waals surface area (Å²) in [5.41, 5.74) is 2.03. The highest BCUT2D eigenvalue weighted by Crippen LogP contribution is 2.29. The number of para-hydroxylation sites is 1. The molecule has 0 fully saturated rings. The summed E-state index contributed by atoms with van der Waals surface area (Å²) in [6.07, 6.45) is 0. The number of nitrogens with one attached hydrogen (secondary N) is 1. The van der Waals surface area contributed by atoms with Crippen molar-refractivity contribution in [3.8, 4) is 0 Å². The minimum absolute atomic E-state index is 0.167. The van der Waals surface area contributed by atoms with Crippen LogP contribution in [0, 0.1) is 0 Å². The Hall–Kier alpha value is -1.85. The van der Waals surface area contributed by atoms with Crippen LogP contribution < -0.4 is 5.32 Å². The number of sulfone groups is 1. The van der Waals surface area contributed by atoms with Crippen molar-refractivity contribution in [2.45, 2.75) is 38.4 Å². The fourth-order valence-corrected chi connectivity index (χ4v) is 4.07. The fraction of sp³-hybridized carbons (Fsp3) is 0.350. The zero-order valence-electron chi connectivity index (χ0n) is 15.4. The van der Waals surface area contributed by atoms with Gasteiger partial charge in [0, 0.05) is 10.7 Å². The number of hydrogen-bond donors (Lipinski definition) is 1. The first-order valence-electron chi connectivity index (χ1n) is 8.37. The van der Waals surface area contributed by atoms with Gasteiger partial charge in [-0.1, -0.05) is 62.7 Å². The van der Waals surface area contributed by atoms with E-state index in [0.29, 0.717) is 16.3 Å². The minimum Gasteiger partial charge on any atom is -0.325 e. The Morgan fingerprint density at radius 3 is 2.23 bits per heavy atom. The van der Waals surface area contributed by atoms with Crippen LogP contribution in [0.1, 0.15) is 44.1 Å². The molecular weight excluding hydrogens is 370 g/mol. The maximum Gasteiger partial charge on any atom is 0.239 e. The Morgan fingerprint density at radius 2 is 1.65 bits per heavy atom. The van der Waals surface area contributed by atoms with Crippen molar-refractivity contribution in [3.63, 3.8) is 0 Å². The van der Waals surface area contributed by atoms with Crippen LogP contribution >= 0.6 is 11.6 Å². The number of carbonyl (C=O) groups excluding carboxylic acids is 1. The summed E-state index contributed by atoms with van der Waals surface area (Å²) in [6, 6.07) is 14.0. The van der Waals surface area contributed by atoms with Gasteiger partial charge in [-0.2, -0.15) is 0 Å². The molecule has 1 amide bonds. The van der Waals surface area contributed by atoms with Gasteiger partial charge in [-0.15, -0.1) is 0 Å². The molecule has 0 saturated carbocycles. The van der Waals surface area contributed by atoms with Crippen molar-refractivity contribution in [3.05, 3.63) is 64.7 Å². The number of halogens is 1. The van der Waals surface area contributed by atoms with Gasteiger partial charge in [0.15, 0.2) is 9.84 Å². The maximum atomic E-state index is 12.6. The van der Waals surface area contributed by atoms with E-state index in [1.165, 1.54) is 0 Å². The molecule has 140 valence electrons. The molecule has 2 aromatic rings. The van der Waals surface area contributed by atoms with E-state index < -0.39 is 26.7 Å². The SMILES string of the molecule is CC(c1ccc(Cl)cc1)S(=O)(=O)CC(=O)Nc1ccccc1C(C)(C)C. The molecule has 1 N–H and O–H groups in total. The molecule has 26 heavy (non-hydrogen) atoms. The highest BCUT2D eigenvalue weighted by molar-refractivity contribution is 7.92. The van der Waals surface area contributed by atoms with Gasteiger partial charge in [-0.3, -0.25) is 4.79 Å². The standard InChI is InChI=1S/C20H24ClNO3S/c1-14(15-9-11-16(21)12-10-15)26(24,25)13-19(23)22-18-8-6-5-7-17(18)20(2,3)4/h5-12,14H,13H2,1-4H3,(H,22,23). The first-order valence-corrected chi connectivity index (χ1v) is 10.5. The predicted molar refractivity (Wildman–Crippen MR) is 107 cm³/mol. The van der Waals surface area contributed by atoms with Gasteiger partial charge in [-0.05, 0) is 41.7 Å². The molecule has 0 aliphatic rings. The molecule has 0 bridgehead atoms. The molecule has 0 heterocycles. The summed E-state index contributed by atoms with van der Waals surface area (Å²) in [4.78, 5) is 12.4. The Kier molecular flexibility index (Phi) is 6.14. The summed E-state index contributed by atoms with van der Waals surface area (Å²) >= 11 is 5.84. The minimum atomic E-state index is -3.65. The van der Waals surface area contributed by atoms with Gasteiger partial charge in [0.1, 0.15) is 5.75 Å². The fourth-order valence-electron chi connectivity index (χ4n) is 2.68. The highest BCUT2D eigenvalue weighted by atomic mass is 35.5. The molecular formula is C20H24ClNO3S. The smallest absolute Gasteiger partial charge is 0.239 e. The Bertz CT molecular complexity index is 884. The van der Waals surface area contributed by atoms with E-state index in [2.05, 4.69) is 5.32 Å². The first-order chi connectivity index (χ1) is 12.0. The van der Waals surface area contributed by atoms with Crippen LogP contribution in [-0.2, 0) is 20.0 Å². The third kappa shape index (κ3) is 5.08. The number of benzene rings is 2. The Morgan fingerprint density at radius 1 is 1.08 bits per heavy atom. The maximum absolute atomic E-state index is 12.6. The summed E-state index contributed by atoms with van der Waals surface area (Å²) in [5.74, 6) is -1.11. The molecule has 2 aromatic carbocycles.